The monoisotopic (exact) mass is 503 g/mol. The highest BCUT2D eigenvalue weighted by Crippen LogP contribution is 2.32. The van der Waals surface area contributed by atoms with E-state index in [0.29, 0.717) is 5.92 Å². The largest absolute Gasteiger partial charge is 0.337 e. The highest BCUT2D eigenvalue weighted by Gasteiger charge is 2.16. The molecule has 1 saturated heterocycles. The summed E-state index contributed by atoms with van der Waals surface area (Å²) in [5.41, 5.74) is 6.67. The highest BCUT2D eigenvalue weighted by atomic mass is 35.5. The number of hydrogen-bond donors (Lipinski definition) is 1. The van der Waals surface area contributed by atoms with E-state index in [-0.39, 0.29) is 0 Å². The van der Waals surface area contributed by atoms with Gasteiger partial charge in [-0.2, -0.15) is 0 Å². The summed E-state index contributed by atoms with van der Waals surface area (Å²) in [5.74, 6) is 1.39. The van der Waals surface area contributed by atoms with Crippen LogP contribution in [-0.4, -0.2) is 37.5 Å². The molecule has 0 radical (unpaired) electrons. The molecule has 1 aliphatic heterocycles. The zero-order chi connectivity index (χ0) is 23.9. The number of nitrogens with one attached hydrogen (secondary N) is 1. The van der Waals surface area contributed by atoms with Gasteiger partial charge in [0.2, 0.25) is 0 Å². The molecule has 0 saturated carbocycles. The SMILES string of the molecule is CC(C)Cc1cn(-c2nc(-c3nc4cc(CN5CCCCC5)ccc4[nH]3)cs2)c2cc(Cl)ccc12. The number of benzene rings is 2. The van der Waals surface area contributed by atoms with Crippen LogP contribution in [0.4, 0.5) is 0 Å². The van der Waals surface area contributed by atoms with Crippen LogP contribution in [0.5, 0.6) is 0 Å². The van der Waals surface area contributed by atoms with Gasteiger partial charge in [0.15, 0.2) is 11.0 Å². The van der Waals surface area contributed by atoms with E-state index in [4.69, 9.17) is 21.6 Å². The van der Waals surface area contributed by atoms with E-state index in [0.717, 1.165) is 51.2 Å². The normalized spacial score (nSPS) is 15.1. The van der Waals surface area contributed by atoms with Gasteiger partial charge < -0.3 is 4.98 Å². The number of fused-ring (bicyclic) bond motifs is 2. The smallest absolute Gasteiger partial charge is 0.194 e. The fourth-order valence-corrected chi connectivity index (χ4v) is 6.13. The van der Waals surface area contributed by atoms with E-state index in [2.05, 4.69) is 64.1 Å². The van der Waals surface area contributed by atoms with Crippen molar-refractivity contribution in [1.82, 2.24) is 24.4 Å². The molecule has 0 spiro atoms. The van der Waals surface area contributed by atoms with Crippen LogP contribution in [0.25, 0.3) is 38.6 Å². The third-order valence-corrected chi connectivity index (χ3v) is 7.90. The van der Waals surface area contributed by atoms with E-state index in [9.17, 15) is 0 Å². The number of halogens is 1. The van der Waals surface area contributed by atoms with Crippen molar-refractivity contribution >= 4 is 44.9 Å². The van der Waals surface area contributed by atoms with Crippen LogP contribution in [0.2, 0.25) is 5.02 Å². The Kier molecular flexibility index (Phi) is 6.13. The van der Waals surface area contributed by atoms with Crippen LogP contribution in [0.3, 0.4) is 0 Å². The van der Waals surface area contributed by atoms with Crippen LogP contribution >= 0.6 is 22.9 Å². The number of piperidine rings is 1. The zero-order valence-corrected chi connectivity index (χ0v) is 21.8. The number of hydrogen-bond acceptors (Lipinski definition) is 4. The predicted molar refractivity (Wildman–Crippen MR) is 147 cm³/mol. The molecule has 1 N–H and O–H groups in total. The first-order valence-corrected chi connectivity index (χ1v) is 13.8. The number of thiazole rings is 1. The standard InChI is InChI=1S/C28H30ClN5S/c1-18(2)12-20-16-34(26-14-21(29)7-8-22(20)26)28-32-25(17-35-28)27-30-23-9-6-19(13-24(23)31-27)15-33-10-4-3-5-11-33/h6-9,13-14,16-18H,3-5,10-12,15H2,1-2H3,(H,30,31). The second-order valence-corrected chi connectivity index (χ2v) is 11.3. The molecule has 0 bridgehead atoms. The predicted octanol–water partition coefficient (Wildman–Crippen LogP) is 7.47. The van der Waals surface area contributed by atoms with Crippen molar-refractivity contribution in [3.05, 3.63) is 64.1 Å². The molecule has 0 atom stereocenters. The Morgan fingerprint density at radius 2 is 1.91 bits per heavy atom. The minimum Gasteiger partial charge on any atom is -0.337 e. The van der Waals surface area contributed by atoms with Crippen LogP contribution < -0.4 is 0 Å². The number of rotatable bonds is 6. The lowest BCUT2D eigenvalue weighted by Gasteiger charge is -2.26. The topological polar surface area (TPSA) is 49.7 Å². The first-order chi connectivity index (χ1) is 17.0. The van der Waals surface area contributed by atoms with Crippen molar-refractivity contribution in [2.75, 3.05) is 13.1 Å². The van der Waals surface area contributed by atoms with Gasteiger partial charge in [0.25, 0.3) is 0 Å². The molecule has 1 aliphatic rings. The number of likely N-dealkylation sites (tertiary alicyclic amines) is 1. The molecule has 180 valence electrons. The number of nitrogens with zero attached hydrogens (tertiary/aromatic N) is 4. The quantitative estimate of drug-likeness (QED) is 0.261. The van der Waals surface area contributed by atoms with E-state index in [1.165, 1.54) is 48.9 Å². The summed E-state index contributed by atoms with van der Waals surface area (Å²) in [5, 5.41) is 4.99. The summed E-state index contributed by atoms with van der Waals surface area (Å²) in [6.45, 7) is 7.90. The van der Waals surface area contributed by atoms with E-state index in [1.807, 2.05) is 12.1 Å². The minimum absolute atomic E-state index is 0.576. The van der Waals surface area contributed by atoms with E-state index in [1.54, 1.807) is 11.3 Å². The van der Waals surface area contributed by atoms with Crippen LogP contribution in [-0.2, 0) is 13.0 Å². The lowest BCUT2D eigenvalue weighted by molar-refractivity contribution is 0.221. The molecule has 35 heavy (non-hydrogen) atoms. The molecule has 4 heterocycles. The first-order valence-electron chi connectivity index (χ1n) is 12.5. The number of aromatic nitrogens is 4. The average molecular weight is 504 g/mol. The van der Waals surface area contributed by atoms with Gasteiger partial charge in [-0.3, -0.25) is 9.47 Å². The summed E-state index contributed by atoms with van der Waals surface area (Å²) >= 11 is 7.99. The Morgan fingerprint density at radius 3 is 2.74 bits per heavy atom. The van der Waals surface area contributed by atoms with Crippen LogP contribution in [0, 0.1) is 5.92 Å². The molecule has 5 aromatic rings. The molecule has 2 aromatic carbocycles. The molecule has 0 amide bonds. The Bertz CT molecular complexity index is 1490. The molecule has 3 aromatic heterocycles. The van der Waals surface area contributed by atoms with Crippen molar-refractivity contribution in [3.63, 3.8) is 0 Å². The molecule has 6 rings (SSSR count). The number of H-pyrrole nitrogens is 1. The summed E-state index contributed by atoms with van der Waals surface area (Å²) in [6, 6.07) is 12.7. The summed E-state index contributed by atoms with van der Waals surface area (Å²) in [7, 11) is 0. The van der Waals surface area contributed by atoms with Gasteiger partial charge in [-0.05, 0) is 73.7 Å². The molecule has 0 unspecified atom stereocenters. The number of aromatic amines is 1. The molecule has 1 fully saturated rings. The molecule has 7 heteroatoms. The lowest BCUT2D eigenvalue weighted by atomic mass is 10.0. The minimum atomic E-state index is 0.576. The van der Waals surface area contributed by atoms with Gasteiger partial charge in [-0.15, -0.1) is 11.3 Å². The maximum absolute atomic E-state index is 6.37. The van der Waals surface area contributed by atoms with Gasteiger partial charge in [0.1, 0.15) is 5.69 Å². The second kappa shape index (κ2) is 9.41. The van der Waals surface area contributed by atoms with Crippen molar-refractivity contribution in [2.24, 2.45) is 5.92 Å². The lowest BCUT2D eigenvalue weighted by Crippen LogP contribution is -2.29. The summed E-state index contributed by atoms with van der Waals surface area (Å²) < 4.78 is 2.17. The van der Waals surface area contributed by atoms with Crippen LogP contribution in [0.15, 0.2) is 48.0 Å². The maximum atomic E-state index is 6.37. The molecule has 5 nitrogen and oxygen atoms in total. The van der Waals surface area contributed by atoms with Crippen molar-refractivity contribution in [1.29, 1.82) is 0 Å². The highest BCUT2D eigenvalue weighted by molar-refractivity contribution is 7.12. The molecular formula is C28H30ClN5S. The molecule has 0 aliphatic carbocycles. The Morgan fingerprint density at radius 1 is 1.06 bits per heavy atom. The van der Waals surface area contributed by atoms with Crippen LogP contribution in [0.1, 0.15) is 44.2 Å². The first kappa shape index (κ1) is 22.8. The average Bonchev–Trinajstić information content (AvgIpc) is 3.56. The maximum Gasteiger partial charge on any atom is 0.194 e. The Hall–Kier alpha value is -2.67. The third-order valence-electron chi connectivity index (χ3n) is 6.82. The number of imidazole rings is 1. The Balaban J connectivity index is 1.31. The second-order valence-electron chi connectivity index (χ2n) is 10.1. The van der Waals surface area contributed by atoms with Gasteiger partial charge >= 0.3 is 0 Å². The molecular weight excluding hydrogens is 474 g/mol. The zero-order valence-electron chi connectivity index (χ0n) is 20.2. The van der Waals surface area contributed by atoms with Gasteiger partial charge in [-0.1, -0.05) is 44.0 Å². The summed E-state index contributed by atoms with van der Waals surface area (Å²) in [6.07, 6.45) is 7.21. The fourth-order valence-electron chi connectivity index (χ4n) is 5.16. The Labute approximate surface area is 214 Å². The fraction of sp³-hybridized carbons (Fsp3) is 0.357. The van der Waals surface area contributed by atoms with Gasteiger partial charge in [0.05, 0.1) is 16.6 Å². The van der Waals surface area contributed by atoms with E-state index < -0.39 is 0 Å². The summed E-state index contributed by atoms with van der Waals surface area (Å²) in [4.78, 5) is 15.9. The van der Waals surface area contributed by atoms with Gasteiger partial charge in [-0.25, -0.2) is 9.97 Å². The van der Waals surface area contributed by atoms with Crippen molar-refractivity contribution < 1.29 is 0 Å². The third kappa shape index (κ3) is 4.63. The van der Waals surface area contributed by atoms with Gasteiger partial charge in [0, 0.05) is 28.5 Å². The van der Waals surface area contributed by atoms with E-state index >= 15 is 0 Å². The van der Waals surface area contributed by atoms with Crippen molar-refractivity contribution in [3.8, 4) is 16.6 Å². The van der Waals surface area contributed by atoms with Crippen molar-refractivity contribution in [2.45, 2.75) is 46.1 Å².